The molecule has 13 nitrogen and oxygen atoms in total. The van der Waals surface area contributed by atoms with Crippen LogP contribution in [0.3, 0.4) is 0 Å². The second-order valence-corrected chi connectivity index (χ2v) is 15.7. The van der Waals surface area contributed by atoms with Crippen molar-refractivity contribution in [1.29, 1.82) is 0 Å². The van der Waals surface area contributed by atoms with E-state index in [-0.39, 0.29) is 36.9 Å². The zero-order chi connectivity index (χ0) is 36.1. The number of carbonyl (C=O) groups is 2. The molecule has 0 radical (unpaired) electrons. The van der Waals surface area contributed by atoms with Crippen molar-refractivity contribution in [3.05, 3.63) is 86.7 Å². The number of amides is 3. The number of carbonyl (C=O) groups excluding carboxylic acids is 2. The summed E-state index contributed by atoms with van der Waals surface area (Å²) in [4.78, 5) is 43.5. The highest BCUT2D eigenvalue weighted by Gasteiger charge is 2.32. The number of sulfonamides is 1. The molecular weight excluding hydrogens is 681 g/mol. The summed E-state index contributed by atoms with van der Waals surface area (Å²) in [5.74, 6) is -0.351. The van der Waals surface area contributed by atoms with Gasteiger partial charge in [-0.2, -0.15) is 9.21 Å². The summed E-state index contributed by atoms with van der Waals surface area (Å²) in [6.45, 7) is 2.45. The smallest absolute Gasteiger partial charge is 0.318 e. The second-order valence-electron chi connectivity index (χ2n) is 12.8. The van der Waals surface area contributed by atoms with Crippen LogP contribution < -0.4 is 10.6 Å². The van der Waals surface area contributed by atoms with Gasteiger partial charge in [0.2, 0.25) is 15.9 Å². The molecule has 3 atom stereocenters. The number of hydrogen-bond acceptors (Lipinski definition) is 10. The van der Waals surface area contributed by atoms with E-state index in [1.807, 2.05) is 35.7 Å². The topological polar surface area (TPSA) is 171 Å². The van der Waals surface area contributed by atoms with Crippen LogP contribution in [0.25, 0.3) is 0 Å². The van der Waals surface area contributed by atoms with Crippen LogP contribution >= 0.6 is 11.3 Å². The molecule has 2 aromatic carbocycles. The van der Waals surface area contributed by atoms with Crippen LogP contribution in [0.4, 0.5) is 4.79 Å². The van der Waals surface area contributed by atoms with Crippen LogP contribution in [0.5, 0.6) is 0 Å². The normalized spacial score (nSPS) is 15.4. The van der Waals surface area contributed by atoms with Crippen LogP contribution in [-0.2, 0) is 45.7 Å². The van der Waals surface area contributed by atoms with Gasteiger partial charge in [-0.1, -0.05) is 60.5 Å². The van der Waals surface area contributed by atoms with Gasteiger partial charge in [-0.25, -0.2) is 18.2 Å². The fraction of sp³-hybridized carbons (Fsp3) is 0.514. The first-order valence-electron chi connectivity index (χ1n) is 16.8. The number of hydrogen-bond donors (Lipinski definition) is 3. The highest BCUT2D eigenvalue weighted by atomic mass is 32.2. The monoisotopic (exact) mass is 728 g/mol. The minimum atomic E-state index is -3.90. The van der Waals surface area contributed by atoms with Gasteiger partial charge in [0.05, 0.1) is 29.8 Å². The molecule has 1 saturated carbocycles. The van der Waals surface area contributed by atoms with E-state index < -0.39 is 40.1 Å². The van der Waals surface area contributed by atoms with Gasteiger partial charge in [0.1, 0.15) is 17.6 Å². The Labute approximate surface area is 298 Å². The SMILES string of the molecule is COCc1nc(CN(C)C(=O)N[C@H](C(=O)N[C@H](CCN(CC2CCCC2)S(=O)(=O)c2ccc(CN=O)cc2)Cc2ccccc2)[C@H](C)O)cs1. The average molecular weight is 729 g/mol. The summed E-state index contributed by atoms with van der Waals surface area (Å²) in [5, 5.41) is 21.8. The Morgan fingerprint density at radius 1 is 1.08 bits per heavy atom. The van der Waals surface area contributed by atoms with Crippen molar-refractivity contribution in [1.82, 2.24) is 24.8 Å². The lowest BCUT2D eigenvalue weighted by atomic mass is 10.0. The van der Waals surface area contributed by atoms with Crippen molar-refractivity contribution >= 4 is 33.3 Å². The van der Waals surface area contributed by atoms with Crippen LogP contribution in [0.1, 0.15) is 60.9 Å². The number of urea groups is 1. The van der Waals surface area contributed by atoms with E-state index >= 15 is 0 Å². The molecule has 3 aromatic rings. The summed E-state index contributed by atoms with van der Waals surface area (Å²) in [6.07, 6.45) is 3.48. The van der Waals surface area contributed by atoms with Crippen LogP contribution in [-0.4, -0.2) is 85.1 Å². The fourth-order valence-electron chi connectivity index (χ4n) is 6.07. The Hall–Kier alpha value is -3.76. The average Bonchev–Trinajstić information content (AvgIpc) is 3.78. The molecule has 1 aliphatic carbocycles. The molecule has 0 bridgehead atoms. The van der Waals surface area contributed by atoms with Crippen molar-refractivity contribution in [2.24, 2.45) is 11.1 Å². The number of aliphatic hydroxyl groups is 1. The maximum absolute atomic E-state index is 14.0. The maximum Gasteiger partial charge on any atom is 0.318 e. The number of rotatable bonds is 19. The van der Waals surface area contributed by atoms with Gasteiger partial charge >= 0.3 is 6.03 Å². The van der Waals surface area contributed by atoms with Crippen LogP contribution in [0.2, 0.25) is 0 Å². The largest absolute Gasteiger partial charge is 0.391 e. The molecule has 1 aliphatic rings. The molecule has 15 heteroatoms. The maximum atomic E-state index is 14.0. The van der Waals surface area contributed by atoms with E-state index in [0.717, 1.165) is 36.3 Å². The molecule has 1 fully saturated rings. The summed E-state index contributed by atoms with van der Waals surface area (Å²) in [5.41, 5.74) is 2.24. The van der Waals surface area contributed by atoms with Crippen molar-refractivity contribution in [3.8, 4) is 0 Å². The summed E-state index contributed by atoms with van der Waals surface area (Å²) in [7, 11) is -0.746. The van der Waals surface area contributed by atoms with Crippen molar-refractivity contribution in [3.63, 3.8) is 0 Å². The molecule has 0 unspecified atom stereocenters. The van der Waals surface area contributed by atoms with E-state index in [1.54, 1.807) is 26.3 Å². The van der Waals surface area contributed by atoms with Gasteiger partial charge in [0.15, 0.2) is 0 Å². The predicted molar refractivity (Wildman–Crippen MR) is 192 cm³/mol. The molecule has 0 aliphatic heterocycles. The number of thiazole rings is 1. The Bertz CT molecular complexity index is 1630. The Balaban J connectivity index is 1.49. The van der Waals surface area contributed by atoms with E-state index in [4.69, 9.17) is 4.74 Å². The Morgan fingerprint density at radius 3 is 2.42 bits per heavy atom. The first kappa shape index (κ1) is 39.0. The zero-order valence-electron chi connectivity index (χ0n) is 28.9. The van der Waals surface area contributed by atoms with Crippen LogP contribution in [0.15, 0.2) is 70.0 Å². The lowest BCUT2D eigenvalue weighted by Crippen LogP contribution is -2.57. The lowest BCUT2D eigenvalue weighted by molar-refractivity contribution is -0.126. The highest BCUT2D eigenvalue weighted by molar-refractivity contribution is 7.89. The third-order valence-corrected chi connectivity index (χ3v) is 11.6. The molecular formula is C35H48N6O7S2. The first-order valence-corrected chi connectivity index (χ1v) is 19.2. The molecule has 0 spiro atoms. The third kappa shape index (κ3) is 11.4. The molecule has 1 aromatic heterocycles. The number of aliphatic hydroxyl groups excluding tert-OH is 1. The number of ether oxygens (including phenoxy) is 1. The molecule has 1 heterocycles. The van der Waals surface area contributed by atoms with Crippen molar-refractivity contribution in [2.75, 3.05) is 27.2 Å². The number of nitrogens with zero attached hydrogens (tertiary/aromatic N) is 4. The van der Waals surface area contributed by atoms with E-state index in [1.165, 1.54) is 39.6 Å². The first-order chi connectivity index (χ1) is 24.0. The molecule has 0 saturated heterocycles. The molecule has 4 rings (SSSR count). The number of aromatic nitrogens is 1. The summed E-state index contributed by atoms with van der Waals surface area (Å²) < 4.78 is 34.6. The van der Waals surface area contributed by atoms with Gasteiger partial charge < -0.3 is 25.4 Å². The molecule has 272 valence electrons. The number of nitrogens with one attached hydrogen (secondary N) is 2. The standard InChI is InChI=1S/C35H48N6O7S2/c1-25(42)33(39-35(44)40(2)22-30-24-49-32(37-30)23-48-3)34(43)38-29(19-26-9-5-4-6-10-26)17-18-41(21-28-11-7-8-12-28)50(46,47)31-15-13-27(14-16-31)20-36-45/h4-6,9-10,13-16,24-25,28-29,33,42H,7-8,11-12,17-23H2,1-3H3,(H,38,43)(H,39,44)/t25-,29+,33-/m0/s1. The van der Waals surface area contributed by atoms with Crippen LogP contribution in [0, 0.1) is 10.8 Å². The second kappa shape index (κ2) is 19.0. The molecule has 3 amide bonds. The molecule has 3 N–H and O–H groups in total. The number of benzene rings is 2. The van der Waals surface area contributed by atoms with E-state index in [2.05, 4.69) is 20.8 Å². The highest BCUT2D eigenvalue weighted by Crippen LogP contribution is 2.28. The third-order valence-electron chi connectivity index (χ3n) is 8.80. The summed E-state index contributed by atoms with van der Waals surface area (Å²) >= 11 is 1.42. The van der Waals surface area contributed by atoms with Gasteiger partial charge in [0, 0.05) is 38.7 Å². The minimum Gasteiger partial charge on any atom is -0.391 e. The lowest BCUT2D eigenvalue weighted by Gasteiger charge is -2.29. The minimum absolute atomic E-state index is 0.0430. The van der Waals surface area contributed by atoms with Gasteiger partial charge in [-0.05, 0) is 61.8 Å². The van der Waals surface area contributed by atoms with Crippen molar-refractivity contribution < 1.29 is 27.9 Å². The predicted octanol–water partition coefficient (Wildman–Crippen LogP) is 4.45. The quantitative estimate of drug-likeness (QED) is 0.152. The van der Waals surface area contributed by atoms with Crippen molar-refractivity contribution in [2.45, 2.75) is 88.2 Å². The van der Waals surface area contributed by atoms with Gasteiger partial charge in [0.25, 0.3) is 0 Å². The van der Waals surface area contributed by atoms with Gasteiger partial charge in [-0.15, -0.1) is 11.3 Å². The summed E-state index contributed by atoms with van der Waals surface area (Å²) in [6, 6.07) is 13.4. The van der Waals surface area contributed by atoms with Gasteiger partial charge in [-0.3, -0.25) is 4.79 Å². The van der Waals surface area contributed by atoms with E-state index in [9.17, 15) is 28.0 Å². The number of nitroso groups, excluding NO2 is 1. The molecule has 50 heavy (non-hydrogen) atoms. The Kier molecular flexibility index (Phi) is 14.8. The Morgan fingerprint density at radius 2 is 1.78 bits per heavy atom. The zero-order valence-corrected chi connectivity index (χ0v) is 30.5. The number of methoxy groups -OCH3 is 1. The fourth-order valence-corrected chi connectivity index (χ4v) is 8.36. The van der Waals surface area contributed by atoms with E-state index in [0.29, 0.717) is 30.8 Å².